The number of carbonyl (C=O) groups is 1. The van der Waals surface area contributed by atoms with Crippen molar-refractivity contribution in [3.8, 4) is 11.5 Å². The number of hydrogen-bond acceptors (Lipinski definition) is 6. The summed E-state index contributed by atoms with van der Waals surface area (Å²) in [5.74, 6) is 0.597. The second kappa shape index (κ2) is 12.4. The van der Waals surface area contributed by atoms with E-state index in [2.05, 4.69) is 26.3 Å². The molecule has 1 aromatic heterocycles. The quantitative estimate of drug-likeness (QED) is 0.239. The minimum Gasteiger partial charge on any atom is -0.493 e. The van der Waals surface area contributed by atoms with E-state index in [-0.39, 0.29) is 23.8 Å². The number of para-hydroxylation sites is 1. The standard InChI is InChI=1S/C30H28BrFN4O4/c1-39-26-16-21(31)15-20(28(26)40-18-27(37)34-23-13-11-22(32)12-14-23)17-33-36-29(19-7-3-2-4-8-19)35-25-10-6-5-9-24(25)30(36)38/h5-6,9-17,19H,2-4,7-8,18H2,1H3,(H,34,37). The van der Waals surface area contributed by atoms with Gasteiger partial charge in [-0.05, 0) is 61.4 Å². The van der Waals surface area contributed by atoms with Crippen LogP contribution < -0.4 is 20.3 Å². The van der Waals surface area contributed by atoms with Crippen molar-refractivity contribution in [2.45, 2.75) is 38.0 Å². The average Bonchev–Trinajstić information content (AvgIpc) is 2.97. The van der Waals surface area contributed by atoms with Crippen molar-refractivity contribution in [3.63, 3.8) is 0 Å². The van der Waals surface area contributed by atoms with Crippen molar-refractivity contribution in [2.75, 3.05) is 19.0 Å². The first-order valence-electron chi connectivity index (χ1n) is 13.0. The molecular weight excluding hydrogens is 579 g/mol. The smallest absolute Gasteiger partial charge is 0.282 e. The van der Waals surface area contributed by atoms with E-state index in [1.807, 2.05) is 18.2 Å². The summed E-state index contributed by atoms with van der Waals surface area (Å²) in [5, 5.41) is 7.76. The van der Waals surface area contributed by atoms with Gasteiger partial charge < -0.3 is 14.8 Å². The Kier molecular flexibility index (Phi) is 8.54. The van der Waals surface area contributed by atoms with Crippen LogP contribution in [0, 0.1) is 5.82 Å². The number of rotatable bonds is 8. The van der Waals surface area contributed by atoms with Crippen LogP contribution in [0.1, 0.15) is 49.4 Å². The summed E-state index contributed by atoms with van der Waals surface area (Å²) in [6.07, 6.45) is 6.75. The van der Waals surface area contributed by atoms with Gasteiger partial charge in [0, 0.05) is 21.6 Å². The fraction of sp³-hybridized carbons (Fsp3) is 0.267. The van der Waals surface area contributed by atoms with Crippen molar-refractivity contribution in [1.82, 2.24) is 9.66 Å². The lowest BCUT2D eigenvalue weighted by Crippen LogP contribution is -2.25. The summed E-state index contributed by atoms with van der Waals surface area (Å²) in [6.45, 7) is -0.332. The highest BCUT2D eigenvalue weighted by molar-refractivity contribution is 9.10. The number of nitrogens with one attached hydrogen (secondary N) is 1. The van der Waals surface area contributed by atoms with Crippen LogP contribution in [0.15, 0.2) is 75.0 Å². The normalized spacial score (nSPS) is 14.0. The van der Waals surface area contributed by atoms with Crippen LogP contribution in [-0.4, -0.2) is 35.5 Å². The molecule has 1 saturated carbocycles. The van der Waals surface area contributed by atoms with Gasteiger partial charge in [0.15, 0.2) is 18.1 Å². The van der Waals surface area contributed by atoms with Crippen molar-refractivity contribution < 1.29 is 18.7 Å². The van der Waals surface area contributed by atoms with Gasteiger partial charge in [-0.1, -0.05) is 47.3 Å². The third-order valence-corrected chi connectivity index (χ3v) is 7.26. The van der Waals surface area contributed by atoms with Gasteiger partial charge in [-0.15, -0.1) is 0 Å². The molecular formula is C30H28BrFN4O4. The number of carbonyl (C=O) groups excluding carboxylic acids is 1. The maximum atomic E-state index is 13.6. The molecule has 0 unspecified atom stereocenters. The Balaban J connectivity index is 1.48. The number of methoxy groups -OCH3 is 1. The van der Waals surface area contributed by atoms with E-state index in [0.717, 1.165) is 25.7 Å². The van der Waals surface area contributed by atoms with Gasteiger partial charge in [-0.2, -0.15) is 9.78 Å². The Morgan fingerprint density at radius 3 is 2.65 bits per heavy atom. The maximum absolute atomic E-state index is 13.6. The minimum absolute atomic E-state index is 0.131. The molecule has 1 aliphatic carbocycles. The number of nitrogens with zero attached hydrogens (tertiary/aromatic N) is 3. The Morgan fingerprint density at radius 2 is 1.90 bits per heavy atom. The van der Waals surface area contributed by atoms with Crippen LogP contribution in [0.3, 0.4) is 0 Å². The number of halogens is 2. The van der Waals surface area contributed by atoms with Crippen LogP contribution in [0.25, 0.3) is 10.9 Å². The number of amides is 1. The molecule has 0 atom stereocenters. The molecule has 8 nitrogen and oxygen atoms in total. The van der Waals surface area contributed by atoms with Crippen molar-refractivity contribution >= 4 is 44.6 Å². The molecule has 4 aromatic rings. The lowest BCUT2D eigenvalue weighted by atomic mass is 9.88. The van der Waals surface area contributed by atoms with Crippen LogP contribution in [0.5, 0.6) is 11.5 Å². The van der Waals surface area contributed by atoms with Gasteiger partial charge in [0.2, 0.25) is 0 Å². The van der Waals surface area contributed by atoms with Gasteiger partial charge in [0.25, 0.3) is 11.5 Å². The zero-order valence-electron chi connectivity index (χ0n) is 21.9. The highest BCUT2D eigenvalue weighted by atomic mass is 79.9. The van der Waals surface area contributed by atoms with Crippen LogP contribution in [0.4, 0.5) is 10.1 Å². The van der Waals surface area contributed by atoms with Crippen molar-refractivity contribution in [1.29, 1.82) is 0 Å². The van der Waals surface area contributed by atoms with Crippen molar-refractivity contribution in [2.24, 2.45) is 5.10 Å². The maximum Gasteiger partial charge on any atom is 0.282 e. The van der Waals surface area contributed by atoms with Crippen LogP contribution >= 0.6 is 15.9 Å². The van der Waals surface area contributed by atoms with Gasteiger partial charge >= 0.3 is 0 Å². The highest BCUT2D eigenvalue weighted by Gasteiger charge is 2.22. The van der Waals surface area contributed by atoms with Crippen molar-refractivity contribution in [3.05, 3.63) is 92.7 Å². The molecule has 40 heavy (non-hydrogen) atoms. The molecule has 0 saturated heterocycles. The van der Waals surface area contributed by atoms with Crippen LogP contribution in [-0.2, 0) is 4.79 Å². The first-order chi connectivity index (χ1) is 19.4. The molecule has 3 aromatic carbocycles. The second-order valence-corrected chi connectivity index (χ2v) is 10.5. The minimum atomic E-state index is -0.436. The summed E-state index contributed by atoms with van der Waals surface area (Å²) < 4.78 is 26.7. The Labute approximate surface area is 239 Å². The zero-order chi connectivity index (χ0) is 28.1. The zero-order valence-corrected chi connectivity index (χ0v) is 23.5. The predicted molar refractivity (Wildman–Crippen MR) is 156 cm³/mol. The van der Waals surface area contributed by atoms with Gasteiger partial charge in [0.1, 0.15) is 11.6 Å². The molecule has 10 heteroatoms. The SMILES string of the molecule is COc1cc(Br)cc(C=Nn2c(C3CCCCC3)nc3ccccc3c2=O)c1OCC(=O)Nc1ccc(F)cc1. The topological polar surface area (TPSA) is 94.8 Å². The third kappa shape index (κ3) is 6.22. The number of ether oxygens (including phenoxy) is 2. The lowest BCUT2D eigenvalue weighted by molar-refractivity contribution is -0.118. The number of fused-ring (bicyclic) bond motifs is 1. The second-order valence-electron chi connectivity index (χ2n) is 9.55. The molecule has 5 rings (SSSR count). The fourth-order valence-electron chi connectivity index (χ4n) is 4.86. The predicted octanol–water partition coefficient (Wildman–Crippen LogP) is 6.25. The van der Waals surface area contributed by atoms with E-state index < -0.39 is 11.7 Å². The average molecular weight is 607 g/mol. The van der Waals surface area contributed by atoms with E-state index in [0.29, 0.717) is 38.2 Å². The molecule has 0 bridgehead atoms. The number of benzene rings is 3. The number of anilines is 1. The van der Waals surface area contributed by atoms with Gasteiger partial charge in [-0.3, -0.25) is 9.59 Å². The van der Waals surface area contributed by atoms with E-state index in [4.69, 9.17) is 14.5 Å². The molecule has 1 amide bonds. The molecule has 1 N–H and O–H groups in total. The lowest BCUT2D eigenvalue weighted by Gasteiger charge is -2.22. The fourth-order valence-corrected chi connectivity index (χ4v) is 5.31. The summed E-state index contributed by atoms with van der Waals surface area (Å²) in [5.41, 5.74) is 1.35. The van der Waals surface area contributed by atoms with E-state index in [1.165, 1.54) is 48.7 Å². The largest absolute Gasteiger partial charge is 0.493 e. The summed E-state index contributed by atoms with van der Waals surface area (Å²) >= 11 is 3.48. The summed E-state index contributed by atoms with van der Waals surface area (Å²) in [6, 6.07) is 16.2. The molecule has 206 valence electrons. The van der Waals surface area contributed by atoms with E-state index >= 15 is 0 Å². The van der Waals surface area contributed by atoms with Gasteiger partial charge in [-0.25, -0.2) is 9.37 Å². The molecule has 1 fully saturated rings. The first kappa shape index (κ1) is 27.5. The van der Waals surface area contributed by atoms with E-state index in [9.17, 15) is 14.0 Å². The highest BCUT2D eigenvalue weighted by Crippen LogP contribution is 2.35. The van der Waals surface area contributed by atoms with E-state index in [1.54, 1.807) is 18.2 Å². The Hall–Kier alpha value is -4.05. The molecule has 1 aliphatic rings. The monoisotopic (exact) mass is 606 g/mol. The molecule has 0 radical (unpaired) electrons. The Bertz CT molecular complexity index is 1620. The molecule has 0 aliphatic heterocycles. The Morgan fingerprint density at radius 1 is 1.15 bits per heavy atom. The first-order valence-corrected chi connectivity index (χ1v) is 13.8. The molecule has 1 heterocycles. The number of hydrogen-bond donors (Lipinski definition) is 1. The molecule has 0 spiro atoms. The summed E-state index contributed by atoms with van der Waals surface area (Å²) in [7, 11) is 1.49. The third-order valence-electron chi connectivity index (χ3n) is 6.81. The van der Waals surface area contributed by atoms with Crippen LogP contribution in [0.2, 0.25) is 0 Å². The summed E-state index contributed by atoms with van der Waals surface area (Å²) in [4.78, 5) is 31.0. The van der Waals surface area contributed by atoms with Gasteiger partial charge in [0.05, 0.1) is 24.2 Å². The number of aromatic nitrogens is 2.